The molecule has 1 aliphatic rings. The van der Waals surface area contributed by atoms with E-state index in [1.807, 2.05) is 0 Å². The first-order chi connectivity index (χ1) is 9.88. The van der Waals surface area contributed by atoms with E-state index in [1.165, 1.54) is 18.2 Å². The maximum absolute atomic E-state index is 12.1. The lowest BCUT2D eigenvalue weighted by Crippen LogP contribution is -2.28. The summed E-state index contributed by atoms with van der Waals surface area (Å²) in [6.07, 6.45) is 2.67. The maximum Gasteiger partial charge on any atom is 0.338 e. The van der Waals surface area contributed by atoms with Gasteiger partial charge < -0.3 is 4.74 Å². The van der Waals surface area contributed by atoms with Crippen LogP contribution in [-0.4, -0.2) is 17.0 Å². The number of benzene rings is 1. The molecule has 0 radical (unpaired) electrons. The Labute approximate surface area is 128 Å². The quantitative estimate of drug-likeness (QED) is 0.476. The van der Waals surface area contributed by atoms with Gasteiger partial charge in [0, 0.05) is 6.07 Å². The van der Waals surface area contributed by atoms with Gasteiger partial charge in [0.25, 0.3) is 5.69 Å². The van der Waals surface area contributed by atoms with E-state index < -0.39 is 10.9 Å². The van der Waals surface area contributed by atoms with Crippen molar-refractivity contribution in [2.24, 2.45) is 11.8 Å². The molecule has 3 unspecified atom stereocenters. The molecule has 1 aromatic rings. The van der Waals surface area contributed by atoms with Crippen LogP contribution in [0.3, 0.4) is 0 Å². The summed E-state index contributed by atoms with van der Waals surface area (Å²) in [7, 11) is 0. The number of nitrogens with zero attached hydrogens (tertiary/aromatic N) is 1. The Morgan fingerprint density at radius 3 is 2.62 bits per heavy atom. The molecule has 1 aromatic carbocycles. The van der Waals surface area contributed by atoms with Crippen molar-refractivity contribution in [1.29, 1.82) is 0 Å². The first-order valence-electron chi connectivity index (χ1n) is 7.03. The smallest absolute Gasteiger partial charge is 0.338 e. The van der Waals surface area contributed by atoms with Crippen LogP contribution in [0.5, 0.6) is 0 Å². The fourth-order valence-electron chi connectivity index (χ4n) is 2.61. The van der Waals surface area contributed by atoms with Crippen molar-refractivity contribution < 1.29 is 14.5 Å². The summed E-state index contributed by atoms with van der Waals surface area (Å²) >= 11 is 5.80. The van der Waals surface area contributed by atoms with Crippen LogP contribution in [-0.2, 0) is 4.74 Å². The van der Waals surface area contributed by atoms with Crippen LogP contribution < -0.4 is 0 Å². The molecular formula is C15H18ClNO4. The molecule has 21 heavy (non-hydrogen) atoms. The molecule has 6 heteroatoms. The number of carbonyl (C=O) groups is 1. The zero-order valence-corrected chi connectivity index (χ0v) is 12.8. The molecule has 1 saturated carbocycles. The minimum atomic E-state index is -0.582. The highest BCUT2D eigenvalue weighted by atomic mass is 35.5. The summed E-state index contributed by atoms with van der Waals surface area (Å²) in [6, 6.07) is 3.89. The molecule has 2 rings (SSSR count). The first kappa shape index (κ1) is 15.8. The Hall–Kier alpha value is -1.62. The summed E-state index contributed by atoms with van der Waals surface area (Å²) in [5.41, 5.74) is 0.0326. The molecule has 1 aliphatic carbocycles. The molecule has 0 amide bonds. The SMILES string of the molecule is CC1CCC(OC(=O)c2ccc([N+](=O)[O-])c(Cl)c2)CC1C. The number of hydrogen-bond acceptors (Lipinski definition) is 4. The van der Waals surface area contributed by atoms with Crippen molar-refractivity contribution in [1.82, 2.24) is 0 Å². The topological polar surface area (TPSA) is 69.4 Å². The summed E-state index contributed by atoms with van der Waals surface area (Å²) in [5.74, 6) is 0.698. The van der Waals surface area contributed by atoms with E-state index in [0.29, 0.717) is 11.8 Å². The number of ether oxygens (including phenoxy) is 1. The molecule has 0 heterocycles. The minimum absolute atomic E-state index is 0.0555. The molecule has 1 fully saturated rings. The number of halogens is 1. The number of carbonyl (C=O) groups excluding carboxylic acids is 1. The number of rotatable bonds is 3. The lowest BCUT2D eigenvalue weighted by molar-refractivity contribution is -0.384. The summed E-state index contributed by atoms with van der Waals surface area (Å²) in [4.78, 5) is 22.2. The molecule has 0 aromatic heterocycles. The average Bonchev–Trinajstić information content (AvgIpc) is 2.42. The third-order valence-electron chi connectivity index (χ3n) is 4.20. The molecule has 0 saturated heterocycles. The van der Waals surface area contributed by atoms with Crippen molar-refractivity contribution in [2.45, 2.75) is 39.2 Å². The number of hydrogen-bond donors (Lipinski definition) is 0. The van der Waals surface area contributed by atoms with E-state index in [4.69, 9.17) is 16.3 Å². The van der Waals surface area contributed by atoms with Crippen molar-refractivity contribution in [3.8, 4) is 0 Å². The molecule has 0 aliphatic heterocycles. The molecule has 0 spiro atoms. The predicted octanol–water partition coefficient (Wildman–Crippen LogP) is 4.23. The molecular weight excluding hydrogens is 294 g/mol. The van der Waals surface area contributed by atoms with Gasteiger partial charge in [0.15, 0.2) is 0 Å². The van der Waals surface area contributed by atoms with Gasteiger partial charge in [-0.05, 0) is 43.2 Å². The normalized spacial score (nSPS) is 25.4. The van der Waals surface area contributed by atoms with Crippen LogP contribution in [0, 0.1) is 22.0 Å². The Bertz CT molecular complexity index is 561. The van der Waals surface area contributed by atoms with Crippen LogP contribution in [0.1, 0.15) is 43.5 Å². The Kier molecular flexibility index (Phi) is 4.83. The van der Waals surface area contributed by atoms with Crippen LogP contribution in [0.4, 0.5) is 5.69 Å². The highest BCUT2D eigenvalue weighted by Crippen LogP contribution is 2.32. The fraction of sp³-hybridized carbons (Fsp3) is 0.533. The van der Waals surface area contributed by atoms with Gasteiger partial charge in [-0.1, -0.05) is 25.4 Å². The van der Waals surface area contributed by atoms with Crippen molar-refractivity contribution in [3.63, 3.8) is 0 Å². The highest BCUT2D eigenvalue weighted by molar-refractivity contribution is 6.33. The zero-order chi connectivity index (χ0) is 15.6. The van der Waals surface area contributed by atoms with Gasteiger partial charge in [-0.3, -0.25) is 10.1 Å². The van der Waals surface area contributed by atoms with Gasteiger partial charge in [-0.2, -0.15) is 0 Å². The predicted molar refractivity (Wildman–Crippen MR) is 79.5 cm³/mol. The molecule has 0 N–H and O–H groups in total. The van der Waals surface area contributed by atoms with Crippen LogP contribution in [0.2, 0.25) is 5.02 Å². The third-order valence-corrected chi connectivity index (χ3v) is 4.51. The zero-order valence-electron chi connectivity index (χ0n) is 12.0. The summed E-state index contributed by atoms with van der Waals surface area (Å²) in [6.45, 7) is 4.37. The standard InChI is InChI=1S/C15H18ClNO4/c1-9-3-5-12(7-10(9)2)21-15(18)11-4-6-14(17(19)20)13(16)8-11/h4,6,8-10,12H,3,5,7H2,1-2H3. The highest BCUT2D eigenvalue weighted by Gasteiger charge is 2.27. The largest absolute Gasteiger partial charge is 0.459 e. The maximum atomic E-state index is 12.1. The van der Waals surface area contributed by atoms with Crippen LogP contribution in [0.25, 0.3) is 0 Å². The van der Waals surface area contributed by atoms with Gasteiger partial charge in [0.2, 0.25) is 0 Å². The van der Waals surface area contributed by atoms with Gasteiger partial charge >= 0.3 is 5.97 Å². The van der Waals surface area contributed by atoms with Gasteiger partial charge in [-0.25, -0.2) is 4.79 Å². The second-order valence-corrected chi connectivity index (χ2v) is 6.13. The summed E-state index contributed by atoms with van der Waals surface area (Å²) < 4.78 is 5.48. The monoisotopic (exact) mass is 311 g/mol. The van der Waals surface area contributed by atoms with Crippen LogP contribution in [0.15, 0.2) is 18.2 Å². The van der Waals surface area contributed by atoms with Gasteiger partial charge in [0.1, 0.15) is 11.1 Å². The minimum Gasteiger partial charge on any atom is -0.459 e. The van der Waals surface area contributed by atoms with Crippen LogP contribution >= 0.6 is 11.6 Å². The van der Waals surface area contributed by atoms with E-state index in [0.717, 1.165) is 19.3 Å². The van der Waals surface area contributed by atoms with Gasteiger partial charge in [0.05, 0.1) is 10.5 Å². The number of nitro groups is 1. The second kappa shape index (κ2) is 6.43. The molecule has 5 nitrogen and oxygen atoms in total. The molecule has 3 atom stereocenters. The first-order valence-corrected chi connectivity index (χ1v) is 7.41. The number of esters is 1. The molecule has 0 bridgehead atoms. The van der Waals surface area contributed by atoms with Gasteiger partial charge in [-0.15, -0.1) is 0 Å². The Morgan fingerprint density at radius 1 is 1.33 bits per heavy atom. The Balaban J connectivity index is 2.04. The van der Waals surface area contributed by atoms with Crippen molar-refractivity contribution in [2.75, 3.05) is 0 Å². The lowest BCUT2D eigenvalue weighted by atomic mass is 9.80. The van der Waals surface area contributed by atoms with E-state index >= 15 is 0 Å². The van der Waals surface area contributed by atoms with Crippen molar-refractivity contribution in [3.05, 3.63) is 38.9 Å². The fourth-order valence-corrected chi connectivity index (χ4v) is 2.86. The summed E-state index contributed by atoms with van der Waals surface area (Å²) in [5, 5.41) is 10.6. The third kappa shape index (κ3) is 3.73. The van der Waals surface area contributed by atoms with E-state index in [9.17, 15) is 14.9 Å². The average molecular weight is 312 g/mol. The Morgan fingerprint density at radius 2 is 2.05 bits per heavy atom. The second-order valence-electron chi connectivity index (χ2n) is 5.72. The van der Waals surface area contributed by atoms with E-state index in [-0.39, 0.29) is 22.4 Å². The molecule has 114 valence electrons. The van der Waals surface area contributed by atoms with Crippen molar-refractivity contribution >= 4 is 23.3 Å². The number of nitro benzene ring substituents is 1. The van der Waals surface area contributed by atoms with E-state index in [2.05, 4.69) is 13.8 Å². The van der Waals surface area contributed by atoms with E-state index in [1.54, 1.807) is 0 Å². The lowest BCUT2D eigenvalue weighted by Gasteiger charge is -2.31.